The number of fused-ring (bicyclic) bond motifs is 1. The van der Waals surface area contributed by atoms with Gasteiger partial charge in [-0.2, -0.15) is 0 Å². The highest BCUT2D eigenvalue weighted by molar-refractivity contribution is 9.10. The second-order valence-corrected chi connectivity index (χ2v) is 7.64. The van der Waals surface area contributed by atoms with Gasteiger partial charge in [0.15, 0.2) is 0 Å². The number of nitrogens with zero attached hydrogens (tertiary/aromatic N) is 3. The molecule has 4 rings (SSSR count). The van der Waals surface area contributed by atoms with Gasteiger partial charge in [-0.3, -0.25) is 0 Å². The Kier molecular flexibility index (Phi) is 3.41. The van der Waals surface area contributed by atoms with Gasteiger partial charge >= 0.3 is 5.97 Å². The fourth-order valence-corrected chi connectivity index (χ4v) is 4.24. The molecule has 23 heavy (non-hydrogen) atoms. The maximum atomic E-state index is 12.5. The first kappa shape index (κ1) is 15.0. The number of hydrogen-bond donors (Lipinski definition) is 0. The number of anilines is 1. The van der Waals surface area contributed by atoms with Crippen LogP contribution in [0.25, 0.3) is 11.0 Å². The van der Waals surface area contributed by atoms with Gasteiger partial charge in [0.2, 0.25) is 0 Å². The number of esters is 1. The van der Waals surface area contributed by atoms with Crippen LogP contribution < -0.4 is 4.90 Å². The van der Waals surface area contributed by atoms with Crippen LogP contribution in [0, 0.1) is 5.41 Å². The number of hydrogen-bond acceptors (Lipinski definition) is 4. The summed E-state index contributed by atoms with van der Waals surface area (Å²) in [6.07, 6.45) is 6.91. The molecule has 1 spiro atoms. The van der Waals surface area contributed by atoms with Crippen molar-refractivity contribution in [3.63, 3.8) is 0 Å². The van der Waals surface area contributed by atoms with Gasteiger partial charge in [0, 0.05) is 24.6 Å². The third-order valence-corrected chi connectivity index (χ3v) is 6.04. The zero-order valence-corrected chi connectivity index (χ0v) is 15.0. The van der Waals surface area contributed by atoms with Gasteiger partial charge in [-0.05, 0) is 53.1 Å². The van der Waals surface area contributed by atoms with Gasteiger partial charge in [-0.25, -0.2) is 9.78 Å². The number of aryl methyl sites for hydroxylation is 1. The first-order valence-corrected chi connectivity index (χ1v) is 8.81. The lowest BCUT2D eigenvalue weighted by molar-refractivity contribution is 0.0603. The molecule has 1 aliphatic heterocycles. The number of imidazole rings is 1. The average molecular weight is 378 g/mol. The van der Waals surface area contributed by atoms with Gasteiger partial charge in [0.25, 0.3) is 0 Å². The zero-order chi connectivity index (χ0) is 16.2. The molecule has 6 heteroatoms. The molecule has 2 heterocycles. The molecule has 2 fully saturated rings. The van der Waals surface area contributed by atoms with Gasteiger partial charge in [0.1, 0.15) is 11.1 Å². The Labute approximate surface area is 143 Å². The maximum absolute atomic E-state index is 12.5. The van der Waals surface area contributed by atoms with E-state index >= 15 is 0 Å². The van der Waals surface area contributed by atoms with Crippen molar-refractivity contribution in [2.45, 2.75) is 25.7 Å². The van der Waals surface area contributed by atoms with Gasteiger partial charge in [-0.15, -0.1) is 0 Å². The molecular weight excluding hydrogens is 358 g/mol. The topological polar surface area (TPSA) is 47.4 Å². The van der Waals surface area contributed by atoms with E-state index in [0.717, 1.165) is 34.3 Å². The Hall–Kier alpha value is -1.56. The lowest BCUT2D eigenvalue weighted by Gasteiger charge is -2.35. The van der Waals surface area contributed by atoms with Crippen LogP contribution in [0.1, 0.15) is 36.0 Å². The molecule has 2 aromatic rings. The van der Waals surface area contributed by atoms with E-state index in [4.69, 9.17) is 4.74 Å². The molecule has 1 saturated heterocycles. The number of aromatic nitrogens is 2. The lowest BCUT2D eigenvalue weighted by atomic mass is 9.93. The van der Waals surface area contributed by atoms with E-state index in [1.54, 1.807) is 6.33 Å². The number of carbonyl (C=O) groups is 1. The highest BCUT2D eigenvalue weighted by atomic mass is 79.9. The van der Waals surface area contributed by atoms with E-state index in [1.165, 1.54) is 32.8 Å². The van der Waals surface area contributed by atoms with Crippen molar-refractivity contribution in [1.82, 2.24) is 9.55 Å². The van der Waals surface area contributed by atoms with Crippen LogP contribution in [0.3, 0.4) is 0 Å². The molecule has 1 saturated carbocycles. The molecule has 2 aliphatic rings. The van der Waals surface area contributed by atoms with E-state index in [9.17, 15) is 4.79 Å². The quantitative estimate of drug-likeness (QED) is 0.751. The molecule has 122 valence electrons. The summed E-state index contributed by atoms with van der Waals surface area (Å²) in [5, 5.41) is 0. The molecular formula is C17H20BrN3O2. The standard InChI is InChI=1S/C17H20BrN3O2/c1-20-10-19-14-11(18)9-12(13(15(14)20)16(22)23-2)21-7-5-17(3-4-17)6-8-21/h9-10H,3-8H2,1-2H3. The van der Waals surface area contributed by atoms with Gasteiger partial charge < -0.3 is 14.2 Å². The van der Waals surface area contributed by atoms with E-state index in [-0.39, 0.29) is 5.97 Å². The average Bonchev–Trinajstić information content (AvgIpc) is 3.20. The van der Waals surface area contributed by atoms with Crippen LogP contribution in [-0.2, 0) is 11.8 Å². The summed E-state index contributed by atoms with van der Waals surface area (Å²) in [5.41, 5.74) is 3.81. The Morgan fingerprint density at radius 3 is 2.61 bits per heavy atom. The molecule has 1 aliphatic carbocycles. The Balaban J connectivity index is 1.84. The molecule has 0 N–H and O–H groups in total. The highest BCUT2D eigenvalue weighted by Crippen LogP contribution is 2.54. The summed E-state index contributed by atoms with van der Waals surface area (Å²) in [4.78, 5) is 19.2. The predicted octanol–water partition coefficient (Wildman–Crippen LogP) is 3.50. The summed E-state index contributed by atoms with van der Waals surface area (Å²) >= 11 is 3.61. The third kappa shape index (κ3) is 2.35. The summed E-state index contributed by atoms with van der Waals surface area (Å²) in [7, 11) is 3.35. The summed E-state index contributed by atoms with van der Waals surface area (Å²) in [6.45, 7) is 2.00. The second-order valence-electron chi connectivity index (χ2n) is 6.78. The van der Waals surface area contributed by atoms with Crippen molar-refractivity contribution in [2.75, 3.05) is 25.1 Å². The van der Waals surface area contributed by atoms with Crippen LogP contribution in [0.2, 0.25) is 0 Å². The lowest BCUT2D eigenvalue weighted by Crippen LogP contribution is -2.35. The van der Waals surface area contributed by atoms with Crippen molar-refractivity contribution >= 4 is 38.6 Å². The van der Waals surface area contributed by atoms with E-state index in [1.807, 2.05) is 17.7 Å². The van der Waals surface area contributed by atoms with Crippen molar-refractivity contribution in [2.24, 2.45) is 12.5 Å². The number of halogens is 1. The summed E-state index contributed by atoms with van der Waals surface area (Å²) < 4.78 is 7.88. The van der Waals surface area contributed by atoms with E-state index in [0.29, 0.717) is 11.0 Å². The minimum absolute atomic E-state index is 0.298. The number of carbonyl (C=O) groups excluding carboxylic acids is 1. The highest BCUT2D eigenvalue weighted by Gasteiger charge is 2.44. The molecule has 0 amide bonds. The smallest absolute Gasteiger partial charge is 0.342 e. The van der Waals surface area contributed by atoms with Crippen LogP contribution in [0.5, 0.6) is 0 Å². The van der Waals surface area contributed by atoms with Crippen LogP contribution in [0.15, 0.2) is 16.9 Å². The molecule has 0 bridgehead atoms. The zero-order valence-electron chi connectivity index (χ0n) is 13.4. The van der Waals surface area contributed by atoms with Crippen molar-refractivity contribution in [3.05, 3.63) is 22.4 Å². The largest absolute Gasteiger partial charge is 0.465 e. The Bertz CT molecular complexity index is 785. The van der Waals surface area contributed by atoms with Crippen LogP contribution in [0.4, 0.5) is 5.69 Å². The Morgan fingerprint density at radius 2 is 2.00 bits per heavy atom. The van der Waals surface area contributed by atoms with Gasteiger partial charge in [-0.1, -0.05) is 0 Å². The molecule has 5 nitrogen and oxygen atoms in total. The monoisotopic (exact) mass is 377 g/mol. The number of piperidine rings is 1. The number of ether oxygens (including phenoxy) is 1. The third-order valence-electron chi connectivity index (χ3n) is 5.43. The normalized spacial score (nSPS) is 19.3. The van der Waals surface area contributed by atoms with Crippen LogP contribution >= 0.6 is 15.9 Å². The molecule has 1 aromatic heterocycles. The molecule has 0 radical (unpaired) electrons. The van der Waals surface area contributed by atoms with Crippen LogP contribution in [-0.4, -0.2) is 35.7 Å². The van der Waals surface area contributed by atoms with Gasteiger partial charge in [0.05, 0.1) is 24.6 Å². The molecule has 0 unspecified atom stereocenters. The number of benzene rings is 1. The van der Waals surface area contributed by atoms with Crippen molar-refractivity contribution in [1.29, 1.82) is 0 Å². The van der Waals surface area contributed by atoms with Crippen molar-refractivity contribution in [3.8, 4) is 0 Å². The molecule has 1 aromatic carbocycles. The number of methoxy groups -OCH3 is 1. The van der Waals surface area contributed by atoms with E-state index in [2.05, 4.69) is 25.8 Å². The Morgan fingerprint density at radius 1 is 1.30 bits per heavy atom. The summed E-state index contributed by atoms with van der Waals surface area (Å²) in [5.74, 6) is -0.298. The van der Waals surface area contributed by atoms with Crippen molar-refractivity contribution < 1.29 is 9.53 Å². The van der Waals surface area contributed by atoms with E-state index < -0.39 is 0 Å². The second kappa shape index (κ2) is 5.23. The fourth-order valence-electron chi connectivity index (χ4n) is 3.73. The SMILES string of the molecule is COC(=O)c1c(N2CCC3(CC2)CC3)cc(Br)c2ncn(C)c12. The minimum atomic E-state index is -0.298. The molecule has 0 atom stereocenters. The first-order valence-electron chi connectivity index (χ1n) is 8.01. The summed E-state index contributed by atoms with van der Waals surface area (Å²) in [6, 6.07) is 2.02. The minimum Gasteiger partial charge on any atom is -0.465 e. The number of rotatable bonds is 2. The maximum Gasteiger partial charge on any atom is 0.342 e. The first-order chi connectivity index (χ1) is 11.0. The predicted molar refractivity (Wildman–Crippen MR) is 92.9 cm³/mol. The fraction of sp³-hybridized carbons (Fsp3) is 0.529.